The van der Waals surface area contributed by atoms with Gasteiger partial charge in [0, 0.05) is 31.0 Å². The maximum absolute atomic E-state index is 13.1. The number of amides is 2. The van der Waals surface area contributed by atoms with Gasteiger partial charge in [0.2, 0.25) is 11.8 Å². The lowest BCUT2D eigenvalue weighted by atomic mass is 9.46. The Balaban J connectivity index is 1.60. The lowest BCUT2D eigenvalue weighted by molar-refractivity contribution is -0.163. The quantitative estimate of drug-likeness (QED) is 0.725. The fraction of sp³-hybridized carbons (Fsp3) is 0.840. The molecule has 3 saturated carbocycles. The van der Waals surface area contributed by atoms with Gasteiger partial charge in [-0.15, -0.1) is 0 Å². The zero-order chi connectivity index (χ0) is 22.1. The zero-order valence-electron chi connectivity index (χ0n) is 19.6. The first-order chi connectivity index (χ1) is 13.9. The lowest BCUT2D eigenvalue weighted by Crippen LogP contribution is -2.63. The van der Waals surface area contributed by atoms with E-state index in [0.717, 1.165) is 25.7 Å². The average Bonchev–Trinajstić information content (AvgIpc) is 2.99. The van der Waals surface area contributed by atoms with Gasteiger partial charge >= 0.3 is 0 Å². The fourth-order valence-corrected chi connectivity index (χ4v) is 7.78. The molecule has 30 heavy (non-hydrogen) atoms. The predicted molar refractivity (Wildman–Crippen MR) is 117 cm³/mol. The topological polar surface area (TPSA) is 69.6 Å². The summed E-state index contributed by atoms with van der Waals surface area (Å²) >= 11 is 0. The lowest BCUT2D eigenvalue weighted by Gasteiger charge is -2.61. The molecule has 5 nitrogen and oxygen atoms in total. The first-order valence-electron chi connectivity index (χ1n) is 11.8. The standard InChI is InChI=1S/C25H40N2O3/c1-23(2,3)14-26-22(30)17-9-8-16-15-7-10-19-24(4,12-11-20(29)27(19)6)21(15)18(28)13-25(16,17)5/h11-12,15-19,21,28H,7-10,13-14H2,1-6H3,(H,26,30)/t15-,16-,17?,18?,19?,21-,24-,25-/m0/s1. The van der Waals surface area contributed by atoms with Crippen LogP contribution in [0.2, 0.25) is 0 Å². The monoisotopic (exact) mass is 416 g/mol. The molecule has 0 spiro atoms. The molecule has 168 valence electrons. The number of aliphatic hydroxyl groups is 1. The third-order valence-corrected chi connectivity index (χ3v) is 9.17. The van der Waals surface area contributed by atoms with E-state index in [9.17, 15) is 14.7 Å². The maximum Gasteiger partial charge on any atom is 0.246 e. The highest BCUT2D eigenvalue weighted by molar-refractivity contribution is 5.89. The third-order valence-electron chi connectivity index (χ3n) is 9.17. The van der Waals surface area contributed by atoms with Gasteiger partial charge in [0.15, 0.2) is 0 Å². The minimum Gasteiger partial charge on any atom is -0.393 e. The summed E-state index contributed by atoms with van der Waals surface area (Å²) in [4.78, 5) is 27.3. The molecule has 4 rings (SSSR count). The Morgan fingerprint density at radius 1 is 1.23 bits per heavy atom. The molecule has 0 bridgehead atoms. The van der Waals surface area contributed by atoms with Crippen LogP contribution in [-0.4, -0.2) is 47.6 Å². The Kier molecular flexibility index (Phi) is 5.16. The largest absolute Gasteiger partial charge is 0.393 e. The van der Waals surface area contributed by atoms with E-state index in [2.05, 4.69) is 46.0 Å². The smallest absolute Gasteiger partial charge is 0.246 e. The highest BCUT2D eigenvalue weighted by Crippen LogP contribution is 2.65. The number of nitrogens with zero attached hydrogens (tertiary/aromatic N) is 1. The summed E-state index contributed by atoms with van der Waals surface area (Å²) in [5.74, 6) is 1.25. The highest BCUT2D eigenvalue weighted by atomic mass is 16.3. The number of carbonyl (C=O) groups is 2. The van der Waals surface area contributed by atoms with Crippen molar-refractivity contribution in [3.05, 3.63) is 12.2 Å². The molecular weight excluding hydrogens is 376 g/mol. The van der Waals surface area contributed by atoms with Gasteiger partial charge in [-0.2, -0.15) is 0 Å². The molecule has 5 heteroatoms. The first kappa shape index (κ1) is 21.9. The van der Waals surface area contributed by atoms with Gasteiger partial charge in [-0.1, -0.05) is 40.7 Å². The van der Waals surface area contributed by atoms with Crippen LogP contribution in [0.25, 0.3) is 0 Å². The van der Waals surface area contributed by atoms with Crippen molar-refractivity contribution in [3.8, 4) is 0 Å². The van der Waals surface area contributed by atoms with Crippen molar-refractivity contribution in [3.63, 3.8) is 0 Å². The van der Waals surface area contributed by atoms with E-state index in [1.165, 1.54) is 0 Å². The molecule has 8 atom stereocenters. The van der Waals surface area contributed by atoms with Crippen molar-refractivity contribution in [2.45, 2.75) is 78.9 Å². The Morgan fingerprint density at radius 3 is 2.60 bits per heavy atom. The average molecular weight is 417 g/mol. The summed E-state index contributed by atoms with van der Waals surface area (Å²) < 4.78 is 0. The molecule has 0 aromatic carbocycles. The van der Waals surface area contributed by atoms with Crippen LogP contribution in [0.3, 0.4) is 0 Å². The first-order valence-corrected chi connectivity index (χ1v) is 11.8. The summed E-state index contributed by atoms with van der Waals surface area (Å²) in [6.07, 6.45) is 8.03. The Hall–Kier alpha value is -1.36. The second-order valence-corrected chi connectivity index (χ2v) is 12.2. The van der Waals surface area contributed by atoms with Crippen molar-refractivity contribution < 1.29 is 14.7 Å². The summed E-state index contributed by atoms with van der Waals surface area (Å²) in [7, 11) is 1.90. The van der Waals surface area contributed by atoms with Gasteiger partial charge < -0.3 is 15.3 Å². The second kappa shape index (κ2) is 7.08. The highest BCUT2D eigenvalue weighted by Gasteiger charge is 2.64. The number of aliphatic hydroxyl groups excluding tert-OH is 1. The summed E-state index contributed by atoms with van der Waals surface area (Å²) in [5.41, 5.74) is -0.278. The molecule has 4 aliphatic rings. The van der Waals surface area contributed by atoms with Gasteiger partial charge in [-0.3, -0.25) is 9.59 Å². The van der Waals surface area contributed by atoms with E-state index in [-0.39, 0.29) is 45.9 Å². The number of rotatable bonds is 2. The summed E-state index contributed by atoms with van der Waals surface area (Å²) in [6, 6.07) is 0.155. The Labute approximate surface area is 181 Å². The number of likely N-dealkylation sites (N-methyl/N-ethyl adjacent to an activating group) is 1. The molecule has 2 amide bonds. The summed E-state index contributed by atoms with van der Waals surface area (Å²) in [5, 5.41) is 14.7. The van der Waals surface area contributed by atoms with E-state index in [4.69, 9.17) is 0 Å². The van der Waals surface area contributed by atoms with Gasteiger partial charge in [-0.25, -0.2) is 0 Å². The van der Waals surface area contributed by atoms with Crippen LogP contribution < -0.4 is 5.32 Å². The predicted octanol–water partition coefficient (Wildman–Crippen LogP) is 3.38. The third kappa shape index (κ3) is 3.23. The normalized spacial score (nSPS) is 45.6. The minimum atomic E-state index is -0.439. The molecule has 0 radical (unpaired) electrons. The molecule has 2 N–H and O–H groups in total. The number of hydrogen-bond acceptors (Lipinski definition) is 3. The van der Waals surface area contributed by atoms with E-state index < -0.39 is 6.10 Å². The van der Waals surface area contributed by atoms with Gasteiger partial charge in [0.05, 0.1) is 6.10 Å². The zero-order valence-corrected chi connectivity index (χ0v) is 19.6. The van der Waals surface area contributed by atoms with Crippen LogP contribution in [0.4, 0.5) is 0 Å². The van der Waals surface area contributed by atoms with Crippen LogP contribution in [-0.2, 0) is 9.59 Å². The van der Waals surface area contributed by atoms with Crippen LogP contribution >= 0.6 is 0 Å². The second-order valence-electron chi connectivity index (χ2n) is 12.2. The van der Waals surface area contributed by atoms with Crippen LogP contribution in [0, 0.1) is 39.9 Å². The molecule has 3 fully saturated rings. The summed E-state index contributed by atoms with van der Waals surface area (Å²) in [6.45, 7) is 11.6. The van der Waals surface area contributed by atoms with Crippen LogP contribution in [0.15, 0.2) is 12.2 Å². The van der Waals surface area contributed by atoms with Gasteiger partial charge in [-0.05, 0) is 66.8 Å². The minimum absolute atomic E-state index is 0.0165. The SMILES string of the molecule is CN1C(=O)C=C[C@@]2(C)C1CC[C@@H]1[C@H]2C(O)C[C@]2(C)C(C(=O)NCC(C)(C)C)CC[C@@H]12. The number of hydrogen-bond donors (Lipinski definition) is 2. The van der Waals surface area contributed by atoms with Crippen molar-refractivity contribution in [2.75, 3.05) is 13.6 Å². The van der Waals surface area contributed by atoms with Crippen molar-refractivity contribution >= 4 is 11.8 Å². The molecule has 0 aromatic rings. The van der Waals surface area contributed by atoms with Crippen molar-refractivity contribution in [1.82, 2.24) is 10.2 Å². The van der Waals surface area contributed by atoms with Gasteiger partial charge in [0.25, 0.3) is 0 Å². The number of nitrogens with one attached hydrogen (secondary N) is 1. The molecule has 1 heterocycles. The van der Waals surface area contributed by atoms with Gasteiger partial charge in [0.1, 0.15) is 0 Å². The van der Waals surface area contributed by atoms with Crippen LogP contribution in [0.1, 0.15) is 66.7 Å². The molecular formula is C25H40N2O3. The Bertz CT molecular complexity index is 756. The Morgan fingerprint density at radius 2 is 1.93 bits per heavy atom. The molecule has 0 aromatic heterocycles. The van der Waals surface area contributed by atoms with Crippen LogP contribution in [0.5, 0.6) is 0 Å². The van der Waals surface area contributed by atoms with E-state index in [1.54, 1.807) is 6.08 Å². The van der Waals surface area contributed by atoms with E-state index in [1.807, 2.05) is 11.9 Å². The maximum atomic E-state index is 13.1. The molecule has 1 aliphatic heterocycles. The van der Waals surface area contributed by atoms with Crippen molar-refractivity contribution in [1.29, 1.82) is 0 Å². The number of fused-ring (bicyclic) bond motifs is 5. The molecule has 3 unspecified atom stereocenters. The fourth-order valence-electron chi connectivity index (χ4n) is 7.78. The van der Waals surface area contributed by atoms with E-state index >= 15 is 0 Å². The molecule has 0 saturated heterocycles. The number of carbonyl (C=O) groups excluding carboxylic acids is 2. The van der Waals surface area contributed by atoms with Crippen molar-refractivity contribution in [2.24, 2.45) is 39.9 Å². The molecule has 3 aliphatic carbocycles. The van der Waals surface area contributed by atoms with E-state index in [0.29, 0.717) is 24.8 Å².